The third-order valence-corrected chi connectivity index (χ3v) is 1.97. The van der Waals surface area contributed by atoms with Gasteiger partial charge in [0.15, 0.2) is 0 Å². The van der Waals surface area contributed by atoms with Gasteiger partial charge in [0.1, 0.15) is 0 Å². The Morgan fingerprint density at radius 2 is 2.50 bits per heavy atom. The van der Waals surface area contributed by atoms with Gasteiger partial charge in [-0.3, -0.25) is 4.79 Å². The van der Waals surface area contributed by atoms with Gasteiger partial charge >= 0.3 is 5.37 Å². The summed E-state index contributed by atoms with van der Waals surface area (Å²) in [6, 6.07) is 0. The van der Waals surface area contributed by atoms with Crippen molar-refractivity contribution < 1.29 is 4.79 Å². The lowest BCUT2D eigenvalue weighted by Gasteiger charge is -2.13. The van der Waals surface area contributed by atoms with Crippen LogP contribution in [0, 0.1) is 0 Å². The predicted octanol–water partition coefficient (Wildman–Crippen LogP) is 2.34. The van der Waals surface area contributed by atoms with Gasteiger partial charge in [-0.15, -0.1) is 0 Å². The van der Waals surface area contributed by atoms with Crippen LogP contribution in [0.25, 0.3) is 0 Å². The van der Waals surface area contributed by atoms with Crippen molar-refractivity contribution >= 4 is 17.0 Å². The number of rotatable bonds is 1. The first-order valence-electron chi connectivity index (χ1n) is 3.34. The van der Waals surface area contributed by atoms with E-state index in [2.05, 4.69) is 6.08 Å². The Hall–Kier alpha value is -0.500. The number of hydrogen-bond acceptors (Lipinski definition) is 1. The highest BCUT2D eigenvalue weighted by atomic mass is 35.5. The van der Waals surface area contributed by atoms with Crippen LogP contribution in [-0.2, 0) is 0 Å². The number of allylic oxidation sites excluding steroid dienone is 2. The fourth-order valence-electron chi connectivity index (χ4n) is 1.07. The molecule has 0 aromatic rings. The van der Waals surface area contributed by atoms with E-state index >= 15 is 0 Å². The summed E-state index contributed by atoms with van der Waals surface area (Å²) in [6.07, 6.45) is 5.25. The molecule has 0 atom stereocenters. The molecule has 1 aliphatic carbocycles. The SMILES string of the molecule is CN(C(=O)Cl)C1=CCCC1. The summed E-state index contributed by atoms with van der Waals surface area (Å²) in [5.41, 5.74) is 1.06. The first-order valence-corrected chi connectivity index (χ1v) is 3.72. The number of carbonyl (C=O) groups is 1. The van der Waals surface area contributed by atoms with Gasteiger partial charge in [0.2, 0.25) is 0 Å². The van der Waals surface area contributed by atoms with Crippen molar-refractivity contribution in [1.29, 1.82) is 0 Å². The van der Waals surface area contributed by atoms with Gasteiger partial charge in [-0.25, -0.2) is 0 Å². The number of nitrogens with zero attached hydrogens (tertiary/aromatic N) is 1. The maximum Gasteiger partial charge on any atom is 0.320 e. The minimum atomic E-state index is -0.395. The lowest BCUT2D eigenvalue weighted by molar-refractivity contribution is 0.240. The van der Waals surface area contributed by atoms with Gasteiger partial charge in [0.25, 0.3) is 0 Å². The van der Waals surface area contributed by atoms with Gasteiger partial charge in [-0.05, 0) is 30.9 Å². The molecule has 0 bridgehead atoms. The number of carbonyl (C=O) groups excluding carboxylic acids is 1. The molecule has 0 heterocycles. The second-order valence-electron chi connectivity index (χ2n) is 2.40. The molecule has 1 aliphatic rings. The largest absolute Gasteiger partial charge is 0.320 e. The predicted molar refractivity (Wildman–Crippen MR) is 40.9 cm³/mol. The first-order chi connectivity index (χ1) is 4.72. The van der Waals surface area contributed by atoms with E-state index in [1.807, 2.05) is 0 Å². The van der Waals surface area contributed by atoms with E-state index in [4.69, 9.17) is 11.6 Å². The Balaban J connectivity index is 2.55. The molecule has 0 radical (unpaired) electrons. The standard InChI is InChI=1S/C7H10ClNO/c1-9(7(8)10)6-4-2-3-5-6/h4H,2-3,5H2,1H3. The van der Waals surface area contributed by atoms with Crippen LogP contribution < -0.4 is 0 Å². The average Bonchev–Trinajstić information content (AvgIpc) is 2.36. The first kappa shape index (κ1) is 7.61. The molecule has 1 amide bonds. The molecule has 0 saturated heterocycles. The fourth-order valence-corrected chi connectivity index (χ4v) is 1.18. The smallest absolute Gasteiger partial charge is 0.306 e. The molecule has 0 N–H and O–H groups in total. The van der Waals surface area contributed by atoms with Crippen LogP contribution >= 0.6 is 11.6 Å². The highest BCUT2D eigenvalue weighted by molar-refractivity contribution is 6.63. The lowest BCUT2D eigenvalue weighted by Crippen LogP contribution is -2.18. The number of hydrogen-bond donors (Lipinski definition) is 0. The zero-order chi connectivity index (χ0) is 7.56. The van der Waals surface area contributed by atoms with E-state index in [1.54, 1.807) is 7.05 Å². The molecule has 0 aliphatic heterocycles. The summed E-state index contributed by atoms with van der Waals surface area (Å²) in [5, 5.41) is -0.395. The van der Waals surface area contributed by atoms with E-state index in [-0.39, 0.29) is 0 Å². The van der Waals surface area contributed by atoms with E-state index in [0.29, 0.717) is 0 Å². The Kier molecular flexibility index (Phi) is 2.33. The van der Waals surface area contributed by atoms with Gasteiger partial charge in [0.05, 0.1) is 0 Å². The molecule has 0 aromatic heterocycles. The molecule has 0 saturated carbocycles. The van der Waals surface area contributed by atoms with Crippen molar-refractivity contribution in [2.75, 3.05) is 7.05 Å². The topological polar surface area (TPSA) is 20.3 Å². The second-order valence-corrected chi connectivity index (χ2v) is 2.72. The summed E-state index contributed by atoms with van der Waals surface area (Å²) in [6.45, 7) is 0. The zero-order valence-corrected chi connectivity index (χ0v) is 6.69. The van der Waals surface area contributed by atoms with Crippen LogP contribution in [0.1, 0.15) is 19.3 Å². The van der Waals surface area contributed by atoms with Crippen molar-refractivity contribution in [3.8, 4) is 0 Å². The van der Waals surface area contributed by atoms with Crippen LogP contribution in [0.4, 0.5) is 4.79 Å². The van der Waals surface area contributed by atoms with E-state index in [1.165, 1.54) is 4.90 Å². The molecule has 0 unspecified atom stereocenters. The molecular formula is C7H10ClNO. The lowest BCUT2D eigenvalue weighted by atomic mass is 10.3. The maximum absolute atomic E-state index is 10.6. The molecule has 56 valence electrons. The van der Waals surface area contributed by atoms with E-state index in [0.717, 1.165) is 25.0 Å². The highest BCUT2D eigenvalue weighted by Crippen LogP contribution is 2.20. The third kappa shape index (κ3) is 1.51. The molecule has 3 heteroatoms. The molecule has 2 nitrogen and oxygen atoms in total. The summed E-state index contributed by atoms with van der Waals surface area (Å²) >= 11 is 5.25. The molecule has 1 rings (SSSR count). The number of amides is 1. The highest BCUT2D eigenvalue weighted by Gasteiger charge is 2.12. The van der Waals surface area contributed by atoms with E-state index < -0.39 is 5.37 Å². The van der Waals surface area contributed by atoms with Crippen LogP contribution in [0.2, 0.25) is 0 Å². The fraction of sp³-hybridized carbons (Fsp3) is 0.571. The van der Waals surface area contributed by atoms with Crippen LogP contribution in [0.15, 0.2) is 11.8 Å². The Morgan fingerprint density at radius 1 is 1.80 bits per heavy atom. The Morgan fingerprint density at radius 3 is 2.90 bits per heavy atom. The van der Waals surface area contributed by atoms with Crippen LogP contribution in [-0.4, -0.2) is 17.3 Å². The second kappa shape index (κ2) is 3.06. The minimum absolute atomic E-state index is 0.395. The van der Waals surface area contributed by atoms with Crippen molar-refractivity contribution in [3.05, 3.63) is 11.8 Å². The van der Waals surface area contributed by atoms with Gasteiger partial charge < -0.3 is 4.90 Å². The molecule has 0 aromatic carbocycles. The van der Waals surface area contributed by atoms with Crippen molar-refractivity contribution in [2.24, 2.45) is 0 Å². The van der Waals surface area contributed by atoms with Gasteiger partial charge in [-0.1, -0.05) is 6.08 Å². The minimum Gasteiger partial charge on any atom is -0.306 e. The molecule has 0 spiro atoms. The van der Waals surface area contributed by atoms with Crippen molar-refractivity contribution in [1.82, 2.24) is 4.90 Å². The maximum atomic E-state index is 10.6. The van der Waals surface area contributed by atoms with Gasteiger partial charge in [0, 0.05) is 12.7 Å². The number of halogens is 1. The zero-order valence-electron chi connectivity index (χ0n) is 5.93. The Labute approximate surface area is 65.5 Å². The molecule has 10 heavy (non-hydrogen) atoms. The summed E-state index contributed by atoms with van der Waals surface area (Å²) in [4.78, 5) is 12.1. The van der Waals surface area contributed by atoms with E-state index in [9.17, 15) is 4.79 Å². The summed E-state index contributed by atoms with van der Waals surface area (Å²) < 4.78 is 0. The van der Waals surface area contributed by atoms with Gasteiger partial charge in [-0.2, -0.15) is 0 Å². The summed E-state index contributed by atoms with van der Waals surface area (Å²) in [7, 11) is 1.70. The molecular weight excluding hydrogens is 150 g/mol. The molecule has 0 fully saturated rings. The third-order valence-electron chi connectivity index (χ3n) is 1.71. The van der Waals surface area contributed by atoms with Crippen LogP contribution in [0.3, 0.4) is 0 Å². The average molecular weight is 160 g/mol. The quantitative estimate of drug-likeness (QED) is 0.425. The Bertz CT molecular complexity index is 176. The monoisotopic (exact) mass is 159 g/mol. The normalized spacial score (nSPS) is 16.8. The van der Waals surface area contributed by atoms with Crippen molar-refractivity contribution in [2.45, 2.75) is 19.3 Å². The summed E-state index contributed by atoms with van der Waals surface area (Å²) in [5.74, 6) is 0. The van der Waals surface area contributed by atoms with Crippen LogP contribution in [0.5, 0.6) is 0 Å². The van der Waals surface area contributed by atoms with Crippen molar-refractivity contribution in [3.63, 3.8) is 0 Å².